The second kappa shape index (κ2) is 7.85. The van der Waals surface area contributed by atoms with Gasteiger partial charge in [-0.3, -0.25) is 4.79 Å². The SMILES string of the molecule is CS(=O)(=O)N(CCC(=O)Nc1ccc(F)cc1)CC1CCCO1. The Morgan fingerprint density at radius 2 is 2.09 bits per heavy atom. The minimum absolute atomic E-state index is 0.0250. The molecule has 8 heteroatoms. The molecule has 1 aromatic carbocycles. The number of rotatable bonds is 7. The lowest BCUT2D eigenvalue weighted by atomic mass is 10.2. The van der Waals surface area contributed by atoms with Gasteiger partial charge in [0, 0.05) is 31.8 Å². The standard InChI is InChI=1S/C15H21FN2O4S/c1-23(20,21)18(11-14-3-2-10-22-14)9-8-15(19)17-13-6-4-12(16)5-7-13/h4-7,14H,2-3,8-11H2,1H3,(H,17,19). The largest absolute Gasteiger partial charge is 0.377 e. The van der Waals surface area contributed by atoms with Gasteiger partial charge in [-0.25, -0.2) is 12.8 Å². The zero-order valence-electron chi connectivity index (χ0n) is 13.0. The molecule has 1 fully saturated rings. The van der Waals surface area contributed by atoms with E-state index >= 15 is 0 Å². The summed E-state index contributed by atoms with van der Waals surface area (Å²) in [6.45, 7) is 1.00. The van der Waals surface area contributed by atoms with Crippen LogP contribution in [0.5, 0.6) is 0 Å². The Morgan fingerprint density at radius 3 is 2.65 bits per heavy atom. The van der Waals surface area contributed by atoms with Gasteiger partial charge in [-0.15, -0.1) is 0 Å². The Labute approximate surface area is 135 Å². The number of hydrogen-bond acceptors (Lipinski definition) is 4. The summed E-state index contributed by atoms with van der Waals surface area (Å²) in [5.74, 6) is -0.708. The number of ether oxygens (including phenoxy) is 1. The van der Waals surface area contributed by atoms with Gasteiger partial charge in [0.05, 0.1) is 12.4 Å². The zero-order chi connectivity index (χ0) is 16.9. The molecule has 0 aliphatic carbocycles. The third-order valence-corrected chi connectivity index (χ3v) is 4.89. The third-order valence-electron chi connectivity index (χ3n) is 3.62. The summed E-state index contributed by atoms with van der Waals surface area (Å²) in [6.07, 6.45) is 2.79. The second-order valence-electron chi connectivity index (χ2n) is 5.56. The number of amides is 1. The van der Waals surface area contributed by atoms with Crippen molar-refractivity contribution in [3.63, 3.8) is 0 Å². The summed E-state index contributed by atoms with van der Waals surface area (Å²) < 4.78 is 43.2. The van der Waals surface area contributed by atoms with Gasteiger partial charge in [0.25, 0.3) is 0 Å². The van der Waals surface area contributed by atoms with Gasteiger partial charge in [-0.2, -0.15) is 4.31 Å². The minimum atomic E-state index is -3.40. The fourth-order valence-corrected chi connectivity index (χ4v) is 3.25. The highest BCUT2D eigenvalue weighted by molar-refractivity contribution is 7.88. The van der Waals surface area contributed by atoms with Crippen molar-refractivity contribution >= 4 is 21.6 Å². The highest BCUT2D eigenvalue weighted by atomic mass is 32.2. The fraction of sp³-hybridized carbons (Fsp3) is 0.533. The first kappa shape index (κ1) is 17.8. The number of anilines is 1. The lowest BCUT2D eigenvalue weighted by Gasteiger charge is -2.22. The van der Waals surface area contributed by atoms with E-state index in [1.54, 1.807) is 0 Å². The highest BCUT2D eigenvalue weighted by Gasteiger charge is 2.25. The van der Waals surface area contributed by atoms with Crippen LogP contribution in [0.15, 0.2) is 24.3 Å². The predicted octanol–water partition coefficient (Wildman–Crippen LogP) is 1.59. The maximum absolute atomic E-state index is 12.8. The summed E-state index contributed by atoms with van der Waals surface area (Å²) in [5.41, 5.74) is 0.474. The van der Waals surface area contributed by atoms with E-state index in [0.29, 0.717) is 12.3 Å². The minimum Gasteiger partial charge on any atom is -0.377 e. The van der Waals surface area contributed by atoms with E-state index in [0.717, 1.165) is 19.1 Å². The van der Waals surface area contributed by atoms with Gasteiger partial charge in [0.1, 0.15) is 5.82 Å². The molecule has 0 bridgehead atoms. The Balaban J connectivity index is 1.86. The molecular weight excluding hydrogens is 323 g/mol. The van der Waals surface area contributed by atoms with Crippen LogP contribution in [0.4, 0.5) is 10.1 Å². The molecule has 1 saturated heterocycles. The van der Waals surface area contributed by atoms with E-state index in [1.807, 2.05) is 0 Å². The third kappa shape index (κ3) is 5.89. The maximum Gasteiger partial charge on any atom is 0.225 e. The smallest absolute Gasteiger partial charge is 0.225 e. The van der Waals surface area contributed by atoms with Crippen molar-refractivity contribution in [1.82, 2.24) is 4.31 Å². The average Bonchev–Trinajstić information content (AvgIpc) is 2.98. The molecular formula is C15H21FN2O4S. The van der Waals surface area contributed by atoms with Crippen LogP contribution in [0.1, 0.15) is 19.3 Å². The average molecular weight is 344 g/mol. The van der Waals surface area contributed by atoms with Crippen molar-refractivity contribution < 1.29 is 22.3 Å². The molecule has 1 aliphatic rings. The molecule has 1 aromatic rings. The van der Waals surface area contributed by atoms with Gasteiger partial charge in [-0.1, -0.05) is 0 Å². The Hall–Kier alpha value is -1.51. The molecule has 0 spiro atoms. The number of nitrogens with zero attached hydrogens (tertiary/aromatic N) is 1. The first-order chi connectivity index (χ1) is 10.8. The Morgan fingerprint density at radius 1 is 1.39 bits per heavy atom. The number of carbonyl (C=O) groups is 1. The molecule has 1 atom stereocenters. The molecule has 1 heterocycles. The Kier molecular flexibility index (Phi) is 6.09. The van der Waals surface area contributed by atoms with Crippen LogP contribution in [-0.4, -0.2) is 50.7 Å². The normalized spacial score (nSPS) is 18.3. The first-order valence-electron chi connectivity index (χ1n) is 7.47. The van der Waals surface area contributed by atoms with Gasteiger partial charge in [0.2, 0.25) is 15.9 Å². The number of benzene rings is 1. The predicted molar refractivity (Wildman–Crippen MR) is 85.0 cm³/mol. The molecule has 128 valence electrons. The van der Waals surface area contributed by atoms with Crippen molar-refractivity contribution in [2.24, 2.45) is 0 Å². The summed E-state index contributed by atoms with van der Waals surface area (Å²) >= 11 is 0. The monoisotopic (exact) mass is 344 g/mol. The molecule has 0 aromatic heterocycles. The highest BCUT2D eigenvalue weighted by Crippen LogP contribution is 2.15. The molecule has 0 radical (unpaired) electrons. The van der Waals surface area contributed by atoms with Gasteiger partial charge in [-0.05, 0) is 37.1 Å². The van der Waals surface area contributed by atoms with E-state index in [1.165, 1.54) is 28.6 Å². The molecule has 0 saturated carbocycles. The van der Waals surface area contributed by atoms with E-state index in [-0.39, 0.29) is 37.3 Å². The topological polar surface area (TPSA) is 75.7 Å². The summed E-state index contributed by atoms with van der Waals surface area (Å²) in [4.78, 5) is 11.9. The molecule has 1 unspecified atom stereocenters. The molecule has 23 heavy (non-hydrogen) atoms. The van der Waals surface area contributed by atoms with E-state index < -0.39 is 10.0 Å². The molecule has 1 aliphatic heterocycles. The van der Waals surface area contributed by atoms with Crippen LogP contribution in [-0.2, 0) is 19.6 Å². The van der Waals surface area contributed by atoms with Gasteiger partial charge >= 0.3 is 0 Å². The van der Waals surface area contributed by atoms with Crippen LogP contribution in [0, 0.1) is 5.82 Å². The number of nitrogens with one attached hydrogen (secondary N) is 1. The number of carbonyl (C=O) groups excluding carboxylic acids is 1. The molecule has 6 nitrogen and oxygen atoms in total. The first-order valence-corrected chi connectivity index (χ1v) is 9.31. The molecule has 1 N–H and O–H groups in total. The Bertz CT molecular complexity index is 627. The molecule has 2 rings (SSSR count). The van der Waals surface area contributed by atoms with E-state index in [2.05, 4.69) is 5.32 Å². The second-order valence-corrected chi connectivity index (χ2v) is 7.54. The number of halogens is 1. The summed E-state index contributed by atoms with van der Waals surface area (Å²) in [7, 11) is -3.40. The summed E-state index contributed by atoms with van der Waals surface area (Å²) in [6, 6.07) is 5.40. The van der Waals surface area contributed by atoms with Crippen molar-refractivity contribution in [2.45, 2.75) is 25.4 Å². The van der Waals surface area contributed by atoms with E-state index in [9.17, 15) is 17.6 Å². The fourth-order valence-electron chi connectivity index (χ4n) is 2.39. The van der Waals surface area contributed by atoms with Crippen LogP contribution in [0.2, 0.25) is 0 Å². The maximum atomic E-state index is 12.8. The number of hydrogen-bond donors (Lipinski definition) is 1. The number of sulfonamides is 1. The van der Waals surface area contributed by atoms with Crippen LogP contribution in [0.25, 0.3) is 0 Å². The van der Waals surface area contributed by atoms with Crippen LogP contribution in [0.3, 0.4) is 0 Å². The van der Waals surface area contributed by atoms with Crippen molar-refractivity contribution in [3.8, 4) is 0 Å². The van der Waals surface area contributed by atoms with Crippen molar-refractivity contribution in [2.75, 3.05) is 31.3 Å². The van der Waals surface area contributed by atoms with Gasteiger partial charge < -0.3 is 10.1 Å². The summed E-state index contributed by atoms with van der Waals surface area (Å²) in [5, 5.41) is 2.61. The van der Waals surface area contributed by atoms with E-state index in [4.69, 9.17) is 4.74 Å². The van der Waals surface area contributed by atoms with Crippen molar-refractivity contribution in [3.05, 3.63) is 30.1 Å². The van der Waals surface area contributed by atoms with Gasteiger partial charge in [0.15, 0.2) is 0 Å². The zero-order valence-corrected chi connectivity index (χ0v) is 13.8. The van der Waals surface area contributed by atoms with Crippen molar-refractivity contribution in [1.29, 1.82) is 0 Å². The quantitative estimate of drug-likeness (QED) is 0.815. The van der Waals surface area contributed by atoms with Crippen LogP contribution < -0.4 is 5.32 Å². The van der Waals surface area contributed by atoms with Crippen LogP contribution >= 0.6 is 0 Å². The lowest BCUT2D eigenvalue weighted by Crippen LogP contribution is -2.38. The lowest BCUT2D eigenvalue weighted by molar-refractivity contribution is -0.116. The molecule has 1 amide bonds.